The van der Waals surface area contributed by atoms with Crippen LogP contribution in [0.2, 0.25) is 0 Å². The molecule has 1 atom stereocenters. The van der Waals surface area contributed by atoms with Gasteiger partial charge in [0.05, 0.1) is 25.9 Å². The zero-order valence-corrected chi connectivity index (χ0v) is 18.8. The van der Waals surface area contributed by atoms with Gasteiger partial charge in [-0.1, -0.05) is 36.4 Å². The van der Waals surface area contributed by atoms with E-state index in [1.54, 1.807) is 30.1 Å². The topological polar surface area (TPSA) is 65.8 Å². The van der Waals surface area contributed by atoms with Gasteiger partial charge in [-0.05, 0) is 34.5 Å². The highest BCUT2D eigenvalue weighted by Crippen LogP contribution is 2.34. The van der Waals surface area contributed by atoms with Gasteiger partial charge < -0.3 is 14.4 Å². The summed E-state index contributed by atoms with van der Waals surface area (Å²) >= 11 is 0. The van der Waals surface area contributed by atoms with Crippen LogP contribution >= 0.6 is 0 Å². The Balaban J connectivity index is 1.71. The number of amides is 1. The molecule has 1 heterocycles. The van der Waals surface area contributed by atoms with Crippen LogP contribution < -0.4 is 4.74 Å². The Morgan fingerprint density at radius 3 is 2.58 bits per heavy atom. The highest BCUT2D eigenvalue weighted by atomic mass is 19.1. The number of morpholine rings is 1. The van der Waals surface area contributed by atoms with Crippen molar-refractivity contribution in [3.8, 4) is 11.8 Å². The number of halogens is 1. The van der Waals surface area contributed by atoms with Crippen LogP contribution in [0.3, 0.4) is 0 Å². The molecule has 0 spiro atoms. The van der Waals surface area contributed by atoms with Crippen LogP contribution in [0.25, 0.3) is 10.8 Å². The molecule has 0 aromatic heterocycles. The Labute approximate surface area is 192 Å². The zero-order valence-electron chi connectivity index (χ0n) is 18.8. The van der Waals surface area contributed by atoms with Crippen LogP contribution in [0.5, 0.6) is 5.75 Å². The molecule has 4 rings (SSSR count). The lowest BCUT2D eigenvalue weighted by atomic mass is 9.98. The minimum atomic E-state index is -0.559. The molecule has 1 amide bonds. The number of nitriles is 1. The van der Waals surface area contributed by atoms with E-state index in [9.17, 15) is 14.4 Å². The molecule has 0 N–H and O–H groups in total. The Morgan fingerprint density at radius 2 is 1.91 bits per heavy atom. The molecule has 1 fully saturated rings. The predicted molar refractivity (Wildman–Crippen MR) is 123 cm³/mol. The van der Waals surface area contributed by atoms with Crippen molar-refractivity contribution in [3.05, 3.63) is 77.1 Å². The van der Waals surface area contributed by atoms with E-state index < -0.39 is 6.04 Å². The number of carbonyl (C=O) groups excluding carboxylic acids is 1. The maximum Gasteiger partial charge on any atom is 0.244 e. The first-order valence-corrected chi connectivity index (χ1v) is 10.8. The van der Waals surface area contributed by atoms with Crippen LogP contribution in [-0.4, -0.2) is 56.2 Å². The number of nitrogens with zero attached hydrogens (tertiary/aromatic N) is 3. The van der Waals surface area contributed by atoms with E-state index in [1.807, 2.05) is 24.3 Å². The quantitative estimate of drug-likeness (QED) is 0.574. The fraction of sp³-hybridized carbons (Fsp3) is 0.308. The van der Waals surface area contributed by atoms with Crippen LogP contribution in [0.15, 0.2) is 54.6 Å². The largest absolute Gasteiger partial charge is 0.495 e. The van der Waals surface area contributed by atoms with Crippen LogP contribution in [0.1, 0.15) is 22.7 Å². The van der Waals surface area contributed by atoms with Gasteiger partial charge in [-0.25, -0.2) is 4.39 Å². The number of likely N-dealkylation sites (N-methyl/N-ethyl adjacent to an activating group) is 1. The summed E-state index contributed by atoms with van der Waals surface area (Å²) in [6.07, 6.45) is 0. The number of hydrogen-bond donors (Lipinski definition) is 0. The fourth-order valence-corrected chi connectivity index (χ4v) is 4.39. The number of hydrogen-bond acceptors (Lipinski definition) is 5. The SMILES string of the molecule is COc1c(C#N)cc2ccccc2c1CN(C)C(=O)C(c1ccc(F)cc1)N1CCOCC1. The zero-order chi connectivity index (χ0) is 23.4. The minimum absolute atomic E-state index is 0.114. The van der Waals surface area contributed by atoms with E-state index >= 15 is 0 Å². The second-order valence-corrected chi connectivity index (χ2v) is 8.07. The third-order valence-corrected chi connectivity index (χ3v) is 6.03. The number of fused-ring (bicyclic) bond motifs is 1. The normalized spacial score (nSPS) is 15.1. The van der Waals surface area contributed by atoms with E-state index in [0.717, 1.165) is 21.9 Å². The lowest BCUT2D eigenvalue weighted by Crippen LogP contribution is -2.46. The van der Waals surface area contributed by atoms with Gasteiger partial charge in [0, 0.05) is 32.2 Å². The van der Waals surface area contributed by atoms with Crippen molar-refractivity contribution in [1.82, 2.24) is 9.80 Å². The molecule has 3 aromatic rings. The minimum Gasteiger partial charge on any atom is -0.495 e. The molecular formula is C26H26FN3O3. The molecule has 7 heteroatoms. The lowest BCUT2D eigenvalue weighted by molar-refractivity contribution is -0.138. The lowest BCUT2D eigenvalue weighted by Gasteiger charge is -2.36. The Morgan fingerprint density at radius 1 is 1.21 bits per heavy atom. The van der Waals surface area contributed by atoms with Gasteiger partial charge >= 0.3 is 0 Å². The van der Waals surface area contributed by atoms with Crippen molar-refractivity contribution in [2.75, 3.05) is 40.5 Å². The molecule has 1 aliphatic rings. The van der Waals surface area contributed by atoms with E-state index in [0.29, 0.717) is 37.6 Å². The Kier molecular flexibility index (Phi) is 6.87. The summed E-state index contributed by atoms with van der Waals surface area (Å²) < 4.78 is 24.6. The summed E-state index contributed by atoms with van der Waals surface area (Å²) in [4.78, 5) is 17.5. The maximum atomic E-state index is 13.8. The van der Waals surface area contributed by atoms with E-state index in [1.165, 1.54) is 19.2 Å². The average molecular weight is 448 g/mol. The summed E-state index contributed by atoms with van der Waals surface area (Å²) in [5.74, 6) is 0.0161. The predicted octanol–water partition coefficient (Wildman–Crippen LogP) is 3.89. The summed E-state index contributed by atoms with van der Waals surface area (Å²) in [6.45, 7) is 2.56. The summed E-state index contributed by atoms with van der Waals surface area (Å²) in [5.41, 5.74) is 1.94. The highest BCUT2D eigenvalue weighted by molar-refractivity contribution is 5.91. The van der Waals surface area contributed by atoms with Crippen LogP contribution in [0, 0.1) is 17.1 Å². The van der Waals surface area contributed by atoms with Gasteiger partial charge in [0.15, 0.2) is 0 Å². The number of benzene rings is 3. The first kappa shape index (κ1) is 22.7. The number of rotatable bonds is 6. The van der Waals surface area contributed by atoms with Gasteiger partial charge in [-0.2, -0.15) is 5.26 Å². The molecule has 1 saturated heterocycles. The molecule has 170 valence electrons. The molecule has 0 saturated carbocycles. The molecule has 6 nitrogen and oxygen atoms in total. The first-order valence-electron chi connectivity index (χ1n) is 10.8. The highest BCUT2D eigenvalue weighted by Gasteiger charge is 2.32. The van der Waals surface area contributed by atoms with Crippen LogP contribution in [0.4, 0.5) is 4.39 Å². The maximum absolute atomic E-state index is 13.8. The smallest absolute Gasteiger partial charge is 0.244 e. The molecule has 0 radical (unpaired) electrons. The fourth-order valence-electron chi connectivity index (χ4n) is 4.39. The molecule has 1 aliphatic heterocycles. The van der Waals surface area contributed by atoms with Crippen molar-refractivity contribution in [2.45, 2.75) is 12.6 Å². The molecule has 1 unspecified atom stereocenters. The molecular weight excluding hydrogens is 421 g/mol. The Bertz CT molecular complexity index is 1180. The summed E-state index contributed by atoms with van der Waals surface area (Å²) in [5, 5.41) is 11.5. The third kappa shape index (κ3) is 4.68. The number of carbonyl (C=O) groups is 1. The van der Waals surface area contributed by atoms with Crippen molar-refractivity contribution in [3.63, 3.8) is 0 Å². The van der Waals surface area contributed by atoms with Crippen molar-refractivity contribution >= 4 is 16.7 Å². The van der Waals surface area contributed by atoms with Gasteiger partial charge in [-0.3, -0.25) is 9.69 Å². The number of methoxy groups -OCH3 is 1. The number of ether oxygens (including phenoxy) is 2. The first-order chi connectivity index (χ1) is 16.0. The van der Waals surface area contributed by atoms with Crippen LogP contribution in [-0.2, 0) is 16.1 Å². The van der Waals surface area contributed by atoms with E-state index in [-0.39, 0.29) is 18.3 Å². The molecule has 33 heavy (non-hydrogen) atoms. The Hall–Kier alpha value is -3.47. The molecule has 0 bridgehead atoms. The van der Waals surface area contributed by atoms with Crippen molar-refractivity contribution in [1.29, 1.82) is 5.26 Å². The standard InChI is InChI=1S/C26H26FN3O3/c1-29(17-23-22-6-4-3-5-19(22)15-20(16-28)25(23)32-2)26(31)24(30-11-13-33-14-12-30)18-7-9-21(27)10-8-18/h3-10,15,24H,11-14,17H2,1-2H3. The van der Waals surface area contributed by atoms with Gasteiger partial charge in [0.25, 0.3) is 0 Å². The summed E-state index contributed by atoms with van der Waals surface area (Å²) in [6, 6.07) is 17.3. The monoisotopic (exact) mass is 447 g/mol. The second-order valence-electron chi connectivity index (χ2n) is 8.07. The van der Waals surface area contributed by atoms with Crippen molar-refractivity contribution in [2.24, 2.45) is 0 Å². The average Bonchev–Trinajstić information content (AvgIpc) is 2.85. The third-order valence-electron chi connectivity index (χ3n) is 6.03. The molecule has 3 aromatic carbocycles. The summed E-state index contributed by atoms with van der Waals surface area (Å²) in [7, 11) is 3.28. The van der Waals surface area contributed by atoms with E-state index in [4.69, 9.17) is 9.47 Å². The molecule has 0 aliphatic carbocycles. The van der Waals surface area contributed by atoms with Gasteiger partial charge in [-0.15, -0.1) is 0 Å². The van der Waals surface area contributed by atoms with Gasteiger partial charge in [0.1, 0.15) is 23.7 Å². The van der Waals surface area contributed by atoms with Gasteiger partial charge in [0.2, 0.25) is 5.91 Å². The second kappa shape index (κ2) is 9.99. The van der Waals surface area contributed by atoms with Crippen molar-refractivity contribution < 1.29 is 18.7 Å². The van der Waals surface area contributed by atoms with E-state index in [2.05, 4.69) is 11.0 Å².